The normalized spacial score (nSPS) is 33.2. The molecule has 29 heavy (non-hydrogen) atoms. The Hall–Kier alpha value is -2.38. The van der Waals surface area contributed by atoms with E-state index in [0.29, 0.717) is 11.3 Å². The van der Waals surface area contributed by atoms with Crippen LogP contribution in [0.5, 0.6) is 5.75 Å². The quantitative estimate of drug-likeness (QED) is 0.611. The molecule has 1 amide bonds. The SMILES string of the molecule is COC(=O)C1=C2N(C=O)c3c(OC)cccc3C23CCN2CC(C(C)O)C1CC23. The molecule has 4 aliphatic rings. The molecule has 1 N–H and O–H groups in total. The minimum atomic E-state index is -0.558. The second-order valence-electron chi connectivity index (χ2n) is 8.56. The first-order chi connectivity index (χ1) is 14.0. The first kappa shape index (κ1) is 18.6. The number of aliphatic hydroxyl groups excluding tert-OH is 1. The Bertz CT molecular complexity index is 926. The van der Waals surface area contributed by atoms with Crippen molar-refractivity contribution < 1.29 is 24.2 Å². The fourth-order valence-corrected chi connectivity index (χ4v) is 6.51. The molecule has 1 aliphatic carbocycles. The molecule has 0 radical (unpaired) electrons. The lowest BCUT2D eigenvalue weighted by Crippen LogP contribution is -2.58. The summed E-state index contributed by atoms with van der Waals surface area (Å²) < 4.78 is 10.8. The van der Waals surface area contributed by atoms with Gasteiger partial charge in [0.1, 0.15) is 5.75 Å². The Morgan fingerprint density at radius 1 is 1.38 bits per heavy atom. The number of benzene rings is 1. The molecule has 0 saturated carbocycles. The number of nitrogens with zero attached hydrogens (tertiary/aromatic N) is 2. The number of aliphatic hydroxyl groups is 1. The molecule has 5 rings (SSSR count). The van der Waals surface area contributed by atoms with Crippen molar-refractivity contribution in [1.82, 2.24) is 4.90 Å². The van der Waals surface area contributed by atoms with Crippen LogP contribution in [0.3, 0.4) is 0 Å². The van der Waals surface area contributed by atoms with E-state index in [2.05, 4.69) is 11.0 Å². The van der Waals surface area contributed by atoms with E-state index in [1.807, 2.05) is 12.1 Å². The molecule has 5 atom stereocenters. The number of methoxy groups -OCH3 is 2. The second-order valence-corrected chi connectivity index (χ2v) is 8.56. The Labute approximate surface area is 169 Å². The molecule has 1 aromatic rings. The van der Waals surface area contributed by atoms with Gasteiger partial charge in [0.2, 0.25) is 6.41 Å². The van der Waals surface area contributed by atoms with E-state index < -0.39 is 17.5 Å². The van der Waals surface area contributed by atoms with Gasteiger partial charge in [0.15, 0.2) is 0 Å². The molecule has 7 nitrogen and oxygen atoms in total. The van der Waals surface area contributed by atoms with E-state index in [-0.39, 0.29) is 17.9 Å². The van der Waals surface area contributed by atoms with Gasteiger partial charge in [-0.3, -0.25) is 14.6 Å². The van der Waals surface area contributed by atoms with Crippen LogP contribution in [0.25, 0.3) is 0 Å². The molecule has 2 saturated heterocycles. The lowest BCUT2D eigenvalue weighted by molar-refractivity contribution is -0.138. The van der Waals surface area contributed by atoms with Gasteiger partial charge in [-0.05, 0) is 37.9 Å². The molecule has 1 spiro atoms. The number of hydrogen-bond donors (Lipinski definition) is 1. The third-order valence-electron chi connectivity index (χ3n) is 7.60. The average Bonchev–Trinajstić information content (AvgIpc) is 3.27. The van der Waals surface area contributed by atoms with Crippen LogP contribution in [0.4, 0.5) is 5.69 Å². The Morgan fingerprint density at radius 3 is 2.83 bits per heavy atom. The maximum Gasteiger partial charge on any atom is 0.335 e. The van der Waals surface area contributed by atoms with Crippen LogP contribution in [-0.2, 0) is 19.7 Å². The van der Waals surface area contributed by atoms with Crippen LogP contribution in [0.15, 0.2) is 29.5 Å². The molecular formula is C22H26N2O5. The molecule has 0 aromatic heterocycles. The summed E-state index contributed by atoms with van der Waals surface area (Å²) in [5.74, 6) is -0.0154. The summed E-state index contributed by atoms with van der Waals surface area (Å²) >= 11 is 0. The van der Waals surface area contributed by atoms with Gasteiger partial charge in [-0.25, -0.2) is 4.79 Å². The van der Waals surface area contributed by atoms with Gasteiger partial charge >= 0.3 is 5.97 Å². The predicted octanol–water partition coefficient (Wildman–Crippen LogP) is 1.44. The minimum absolute atomic E-state index is 0.0805. The molecule has 3 heterocycles. The van der Waals surface area contributed by atoms with Crippen LogP contribution < -0.4 is 9.64 Å². The van der Waals surface area contributed by atoms with E-state index >= 15 is 0 Å². The maximum absolute atomic E-state index is 13.1. The van der Waals surface area contributed by atoms with Gasteiger partial charge in [0, 0.05) is 30.1 Å². The van der Waals surface area contributed by atoms with Gasteiger partial charge < -0.3 is 14.6 Å². The first-order valence-corrected chi connectivity index (χ1v) is 10.2. The zero-order valence-electron chi connectivity index (χ0n) is 16.9. The van der Waals surface area contributed by atoms with Crippen molar-refractivity contribution in [1.29, 1.82) is 0 Å². The van der Waals surface area contributed by atoms with Crippen LogP contribution in [0, 0.1) is 11.8 Å². The fourth-order valence-electron chi connectivity index (χ4n) is 6.51. The van der Waals surface area contributed by atoms with Crippen LogP contribution in [-0.4, -0.2) is 61.8 Å². The number of carbonyl (C=O) groups is 2. The third-order valence-corrected chi connectivity index (χ3v) is 7.60. The van der Waals surface area contributed by atoms with E-state index in [9.17, 15) is 14.7 Å². The standard InChI is InChI=1S/C22H26N2O5/c1-12(26)14-10-23-8-7-22-15-5-4-6-16(28-2)19(15)24(11-25)20(22)18(21(27)29-3)13(14)9-17(22)23/h4-6,11-14,17,26H,7-10H2,1-3H3. The number of rotatable bonds is 4. The predicted molar refractivity (Wildman–Crippen MR) is 106 cm³/mol. The molecule has 3 aliphatic heterocycles. The molecule has 154 valence electrons. The van der Waals surface area contributed by atoms with E-state index in [0.717, 1.165) is 49.3 Å². The van der Waals surface area contributed by atoms with E-state index in [4.69, 9.17) is 9.47 Å². The lowest BCUT2D eigenvalue weighted by atomic mass is 9.60. The summed E-state index contributed by atoms with van der Waals surface area (Å²) in [7, 11) is 2.97. The van der Waals surface area contributed by atoms with Crippen LogP contribution in [0.2, 0.25) is 0 Å². The molecule has 1 aromatic carbocycles. The Kier molecular flexibility index (Phi) is 4.05. The highest BCUT2D eigenvalue weighted by Crippen LogP contribution is 2.64. The van der Waals surface area contributed by atoms with E-state index in [1.165, 1.54) is 7.11 Å². The zero-order valence-corrected chi connectivity index (χ0v) is 16.9. The Morgan fingerprint density at radius 2 is 2.17 bits per heavy atom. The largest absolute Gasteiger partial charge is 0.495 e. The van der Waals surface area contributed by atoms with E-state index in [1.54, 1.807) is 18.9 Å². The highest BCUT2D eigenvalue weighted by atomic mass is 16.5. The summed E-state index contributed by atoms with van der Waals surface area (Å²) in [4.78, 5) is 29.5. The number of hydrogen-bond acceptors (Lipinski definition) is 6. The number of esters is 1. The summed E-state index contributed by atoms with van der Waals surface area (Å²) in [5, 5.41) is 10.5. The number of anilines is 1. The van der Waals surface area contributed by atoms with Gasteiger partial charge in [0.25, 0.3) is 0 Å². The van der Waals surface area contributed by atoms with Gasteiger partial charge in [-0.2, -0.15) is 0 Å². The molecule has 7 heteroatoms. The van der Waals surface area contributed by atoms with Crippen molar-refractivity contribution >= 4 is 18.1 Å². The summed E-state index contributed by atoms with van der Waals surface area (Å²) in [6, 6.07) is 6.04. The van der Waals surface area contributed by atoms with Crippen molar-refractivity contribution in [3.05, 3.63) is 35.0 Å². The van der Waals surface area contributed by atoms with Gasteiger partial charge in [-0.15, -0.1) is 0 Å². The summed E-state index contributed by atoms with van der Waals surface area (Å²) in [6.45, 7) is 3.39. The topological polar surface area (TPSA) is 79.3 Å². The highest BCUT2D eigenvalue weighted by Gasteiger charge is 2.65. The smallest absolute Gasteiger partial charge is 0.335 e. The Balaban J connectivity index is 1.86. The lowest BCUT2D eigenvalue weighted by Gasteiger charge is -2.51. The highest BCUT2D eigenvalue weighted by molar-refractivity contribution is 5.99. The number of piperidine rings is 1. The molecule has 5 unspecified atom stereocenters. The number of carbonyl (C=O) groups excluding carboxylic acids is 2. The number of ether oxygens (including phenoxy) is 2. The number of fused-ring (bicyclic) bond motifs is 2. The van der Waals surface area contributed by atoms with Gasteiger partial charge in [-0.1, -0.05) is 12.1 Å². The molecule has 2 bridgehead atoms. The monoisotopic (exact) mass is 398 g/mol. The van der Waals surface area contributed by atoms with Crippen molar-refractivity contribution in [2.75, 3.05) is 32.2 Å². The first-order valence-electron chi connectivity index (χ1n) is 10.2. The summed E-state index contributed by atoms with van der Waals surface area (Å²) in [5.41, 5.74) is 2.61. The van der Waals surface area contributed by atoms with Crippen LogP contribution in [0.1, 0.15) is 25.3 Å². The minimum Gasteiger partial charge on any atom is -0.495 e. The van der Waals surface area contributed by atoms with Crippen molar-refractivity contribution in [2.24, 2.45) is 11.8 Å². The number of amides is 1. The third kappa shape index (κ3) is 2.15. The summed E-state index contributed by atoms with van der Waals surface area (Å²) in [6.07, 6.45) is 1.82. The second kappa shape index (κ2) is 6.31. The van der Waals surface area contributed by atoms with Crippen molar-refractivity contribution in [3.8, 4) is 5.75 Å². The fraction of sp³-hybridized carbons (Fsp3) is 0.545. The zero-order chi connectivity index (χ0) is 20.5. The maximum atomic E-state index is 13.1. The van der Waals surface area contributed by atoms with Gasteiger partial charge in [0.05, 0.1) is 37.0 Å². The number of para-hydroxylation sites is 1. The van der Waals surface area contributed by atoms with Crippen molar-refractivity contribution in [3.63, 3.8) is 0 Å². The van der Waals surface area contributed by atoms with Crippen molar-refractivity contribution in [2.45, 2.75) is 37.3 Å². The molecular weight excluding hydrogens is 372 g/mol. The molecule has 2 fully saturated rings. The average molecular weight is 398 g/mol. The van der Waals surface area contributed by atoms with Crippen LogP contribution >= 0.6 is 0 Å².